The van der Waals surface area contributed by atoms with Gasteiger partial charge in [-0.15, -0.1) is 0 Å². The van der Waals surface area contributed by atoms with Crippen LogP contribution >= 0.6 is 11.5 Å². The number of rotatable bonds is 2. The first kappa shape index (κ1) is 13.1. The Kier molecular flexibility index (Phi) is 3.50. The van der Waals surface area contributed by atoms with Gasteiger partial charge in [-0.05, 0) is 47.9 Å². The average Bonchev–Trinajstić information content (AvgIpc) is 2.95. The van der Waals surface area contributed by atoms with Crippen molar-refractivity contribution in [2.45, 2.75) is 0 Å². The van der Waals surface area contributed by atoms with Crippen molar-refractivity contribution in [1.82, 2.24) is 4.37 Å². The summed E-state index contributed by atoms with van der Waals surface area (Å²) in [5.41, 5.74) is 1.77. The quantitative estimate of drug-likeness (QED) is 0.754. The van der Waals surface area contributed by atoms with Gasteiger partial charge in [-0.3, -0.25) is 0 Å². The maximum absolute atomic E-state index is 11.9. The number of hydrogen-bond donors (Lipinski definition) is 2. The van der Waals surface area contributed by atoms with Gasteiger partial charge in [0.2, 0.25) is 0 Å². The molecule has 6 heteroatoms. The van der Waals surface area contributed by atoms with Crippen molar-refractivity contribution >= 4 is 39.0 Å². The van der Waals surface area contributed by atoms with Crippen LogP contribution in [0.15, 0.2) is 48.7 Å². The Hall–Kier alpha value is -2.91. The van der Waals surface area contributed by atoms with Crippen LogP contribution < -0.4 is 10.6 Å². The number of anilines is 2. The number of carbonyl (C=O) groups excluding carboxylic acids is 1. The van der Waals surface area contributed by atoms with Crippen LogP contribution in [0.4, 0.5) is 16.2 Å². The lowest BCUT2D eigenvalue weighted by atomic mass is 10.2. The number of nitrogens with zero attached hydrogens (tertiary/aromatic N) is 2. The van der Waals surface area contributed by atoms with Crippen LogP contribution in [0, 0.1) is 11.3 Å². The van der Waals surface area contributed by atoms with Gasteiger partial charge in [0.05, 0.1) is 16.3 Å². The Balaban J connectivity index is 1.72. The van der Waals surface area contributed by atoms with Gasteiger partial charge in [0.1, 0.15) is 0 Å². The third-order valence-corrected chi connectivity index (χ3v) is 3.62. The van der Waals surface area contributed by atoms with Crippen molar-refractivity contribution in [3.05, 3.63) is 54.2 Å². The minimum absolute atomic E-state index is 0.353. The van der Waals surface area contributed by atoms with Crippen LogP contribution in [0.2, 0.25) is 0 Å². The molecule has 2 amide bonds. The first-order valence-corrected chi connectivity index (χ1v) is 6.94. The Labute approximate surface area is 125 Å². The van der Waals surface area contributed by atoms with Crippen LogP contribution in [-0.2, 0) is 0 Å². The van der Waals surface area contributed by atoms with Crippen molar-refractivity contribution in [3.63, 3.8) is 0 Å². The third kappa shape index (κ3) is 2.99. The Morgan fingerprint density at radius 1 is 1.14 bits per heavy atom. The molecule has 0 fully saturated rings. The molecule has 3 rings (SSSR count). The van der Waals surface area contributed by atoms with Crippen molar-refractivity contribution < 1.29 is 4.79 Å². The molecule has 21 heavy (non-hydrogen) atoms. The second-order valence-corrected chi connectivity index (χ2v) is 5.18. The first-order chi connectivity index (χ1) is 10.2. The van der Waals surface area contributed by atoms with E-state index in [1.807, 2.05) is 24.3 Å². The molecule has 2 aromatic carbocycles. The zero-order chi connectivity index (χ0) is 14.7. The van der Waals surface area contributed by atoms with Gasteiger partial charge in [0.15, 0.2) is 0 Å². The van der Waals surface area contributed by atoms with Crippen LogP contribution in [0.1, 0.15) is 5.56 Å². The molecule has 0 unspecified atom stereocenters. The molecule has 5 nitrogen and oxygen atoms in total. The molecule has 0 radical (unpaired) electrons. The normalized spacial score (nSPS) is 10.0. The SMILES string of the molecule is N#Cc1cccc(NC(=O)Nc2ccc3cnsc3c2)c1. The van der Waals surface area contributed by atoms with E-state index in [4.69, 9.17) is 5.26 Å². The molecule has 2 N–H and O–H groups in total. The summed E-state index contributed by atoms with van der Waals surface area (Å²) in [4.78, 5) is 11.9. The van der Waals surface area contributed by atoms with Gasteiger partial charge < -0.3 is 10.6 Å². The largest absolute Gasteiger partial charge is 0.323 e. The zero-order valence-electron chi connectivity index (χ0n) is 10.8. The molecule has 0 saturated heterocycles. The summed E-state index contributed by atoms with van der Waals surface area (Å²) in [6.45, 7) is 0. The number of fused-ring (bicyclic) bond motifs is 1. The van der Waals surface area contributed by atoms with Gasteiger partial charge in [-0.1, -0.05) is 6.07 Å². The molecule has 0 atom stereocenters. The maximum atomic E-state index is 11.9. The summed E-state index contributed by atoms with van der Waals surface area (Å²) in [5.74, 6) is 0. The number of urea groups is 1. The highest BCUT2D eigenvalue weighted by atomic mass is 32.1. The minimum Gasteiger partial charge on any atom is -0.308 e. The molecule has 1 aromatic heterocycles. The smallest absolute Gasteiger partial charge is 0.308 e. The third-order valence-electron chi connectivity index (χ3n) is 2.86. The van der Waals surface area contributed by atoms with Gasteiger partial charge in [-0.2, -0.15) is 9.64 Å². The van der Waals surface area contributed by atoms with Crippen molar-refractivity contribution in [2.75, 3.05) is 10.6 Å². The highest BCUT2D eigenvalue weighted by Crippen LogP contribution is 2.22. The van der Waals surface area contributed by atoms with Crippen molar-refractivity contribution in [2.24, 2.45) is 0 Å². The number of carbonyl (C=O) groups is 1. The Morgan fingerprint density at radius 2 is 1.95 bits per heavy atom. The Morgan fingerprint density at radius 3 is 2.76 bits per heavy atom. The number of amides is 2. The number of aromatic nitrogens is 1. The summed E-state index contributed by atoms with van der Waals surface area (Å²) in [5, 5.41) is 15.3. The fourth-order valence-electron chi connectivity index (χ4n) is 1.90. The fourth-order valence-corrected chi connectivity index (χ4v) is 2.58. The highest BCUT2D eigenvalue weighted by molar-refractivity contribution is 7.13. The molecule has 0 bridgehead atoms. The summed E-state index contributed by atoms with van der Waals surface area (Å²) in [7, 11) is 0. The number of hydrogen-bond acceptors (Lipinski definition) is 4. The molecule has 1 heterocycles. The van der Waals surface area contributed by atoms with E-state index in [-0.39, 0.29) is 6.03 Å². The minimum atomic E-state index is -0.353. The molecule has 102 valence electrons. The fraction of sp³-hybridized carbons (Fsp3) is 0. The van der Waals surface area contributed by atoms with Crippen LogP contribution in [0.5, 0.6) is 0 Å². The predicted molar refractivity (Wildman–Crippen MR) is 83.4 cm³/mol. The molecule has 3 aromatic rings. The topological polar surface area (TPSA) is 77.8 Å². The summed E-state index contributed by atoms with van der Waals surface area (Å²) in [6.07, 6.45) is 1.79. The highest BCUT2D eigenvalue weighted by Gasteiger charge is 2.05. The number of benzene rings is 2. The first-order valence-electron chi connectivity index (χ1n) is 6.17. The molecule has 0 spiro atoms. The van der Waals surface area contributed by atoms with E-state index < -0.39 is 0 Å². The monoisotopic (exact) mass is 294 g/mol. The number of nitrogens with one attached hydrogen (secondary N) is 2. The molecule has 0 aliphatic carbocycles. The van der Waals surface area contributed by atoms with Crippen molar-refractivity contribution in [3.8, 4) is 6.07 Å². The standard InChI is InChI=1S/C15H10N4OS/c16-8-10-2-1-3-12(6-10)18-15(20)19-13-5-4-11-9-17-21-14(11)7-13/h1-7,9H,(H2,18,19,20). The lowest BCUT2D eigenvalue weighted by molar-refractivity contribution is 0.262. The molecule has 0 saturated carbocycles. The zero-order valence-corrected chi connectivity index (χ0v) is 11.6. The van der Waals surface area contributed by atoms with E-state index in [2.05, 4.69) is 15.0 Å². The molecule has 0 aliphatic heterocycles. The van der Waals surface area contributed by atoms with E-state index in [0.29, 0.717) is 16.9 Å². The van der Waals surface area contributed by atoms with E-state index in [9.17, 15) is 4.79 Å². The van der Waals surface area contributed by atoms with E-state index in [1.165, 1.54) is 11.5 Å². The molecule has 0 aliphatic rings. The van der Waals surface area contributed by atoms with Crippen LogP contribution in [0.3, 0.4) is 0 Å². The van der Waals surface area contributed by atoms with Gasteiger partial charge >= 0.3 is 6.03 Å². The predicted octanol–water partition coefficient (Wildman–Crippen LogP) is 3.81. The number of nitriles is 1. The molecular formula is C15H10N4OS. The Bertz CT molecular complexity index is 850. The van der Waals surface area contributed by atoms with Gasteiger partial charge in [0.25, 0.3) is 0 Å². The summed E-state index contributed by atoms with van der Waals surface area (Å²) >= 11 is 1.38. The van der Waals surface area contributed by atoms with Crippen molar-refractivity contribution in [1.29, 1.82) is 5.26 Å². The lowest BCUT2D eigenvalue weighted by Gasteiger charge is -2.07. The maximum Gasteiger partial charge on any atom is 0.323 e. The second kappa shape index (κ2) is 5.61. The van der Waals surface area contributed by atoms with Crippen LogP contribution in [0.25, 0.3) is 10.1 Å². The second-order valence-electron chi connectivity index (χ2n) is 4.35. The average molecular weight is 294 g/mol. The van der Waals surface area contributed by atoms with E-state index in [1.54, 1.807) is 30.5 Å². The van der Waals surface area contributed by atoms with Crippen LogP contribution in [-0.4, -0.2) is 10.4 Å². The molecular weight excluding hydrogens is 284 g/mol. The lowest BCUT2D eigenvalue weighted by Crippen LogP contribution is -2.19. The van der Waals surface area contributed by atoms with E-state index >= 15 is 0 Å². The summed E-state index contributed by atoms with van der Waals surface area (Å²) < 4.78 is 5.10. The summed E-state index contributed by atoms with van der Waals surface area (Å²) in [6, 6.07) is 14.0. The van der Waals surface area contributed by atoms with E-state index in [0.717, 1.165) is 10.1 Å². The van der Waals surface area contributed by atoms with Gasteiger partial charge in [0, 0.05) is 23.0 Å². The van der Waals surface area contributed by atoms with Gasteiger partial charge in [-0.25, -0.2) is 4.79 Å².